The Bertz CT molecular complexity index is 1730. The Balaban J connectivity index is 1.61. The lowest BCUT2D eigenvalue weighted by Gasteiger charge is -2.19. The number of rotatable bonds is 9. The molecular weight excluding hydrogens is 559 g/mol. The first-order chi connectivity index (χ1) is 19.2. The van der Waals surface area contributed by atoms with Gasteiger partial charge >= 0.3 is 0 Å². The SMILES string of the molecule is CC(=O)Cn1c(C(=O)NCc2ccon2)nc(NC(=O)c2nsc3ccccc23)c1[C@@H](C)c1cc(F)ccc1Cl. The number of carbonyl (C=O) groups excluding carboxylic acids is 3. The van der Waals surface area contributed by atoms with E-state index < -0.39 is 23.5 Å². The highest BCUT2D eigenvalue weighted by molar-refractivity contribution is 7.13. The highest BCUT2D eigenvalue weighted by Crippen LogP contribution is 2.36. The van der Waals surface area contributed by atoms with Gasteiger partial charge in [0.15, 0.2) is 5.82 Å². The molecule has 2 aromatic carbocycles. The largest absolute Gasteiger partial charge is 0.364 e. The number of nitrogens with zero attached hydrogens (tertiary/aromatic N) is 4. The molecule has 2 N–H and O–H groups in total. The first kappa shape index (κ1) is 27.2. The number of anilines is 1. The van der Waals surface area contributed by atoms with Crippen LogP contribution in [0.5, 0.6) is 0 Å². The topological polar surface area (TPSA) is 132 Å². The molecule has 3 aromatic heterocycles. The zero-order valence-corrected chi connectivity index (χ0v) is 22.8. The number of imidazole rings is 1. The van der Waals surface area contributed by atoms with E-state index in [-0.39, 0.29) is 41.2 Å². The summed E-state index contributed by atoms with van der Waals surface area (Å²) in [6, 6.07) is 12.8. The molecule has 0 aliphatic rings. The van der Waals surface area contributed by atoms with Gasteiger partial charge in [0.25, 0.3) is 11.8 Å². The average Bonchev–Trinajstić information content (AvgIpc) is 3.67. The van der Waals surface area contributed by atoms with Gasteiger partial charge in [-0.1, -0.05) is 41.9 Å². The van der Waals surface area contributed by atoms with E-state index in [1.165, 1.54) is 47.5 Å². The van der Waals surface area contributed by atoms with Crippen molar-refractivity contribution in [2.24, 2.45) is 0 Å². The first-order valence-corrected chi connectivity index (χ1v) is 13.3. The van der Waals surface area contributed by atoms with E-state index in [1.54, 1.807) is 25.1 Å². The molecule has 1 atom stereocenters. The summed E-state index contributed by atoms with van der Waals surface area (Å²) in [5, 5.41) is 10.2. The Morgan fingerprint density at radius 2 is 1.95 bits per heavy atom. The van der Waals surface area contributed by atoms with Crippen molar-refractivity contribution in [3.63, 3.8) is 0 Å². The maximum atomic E-state index is 14.3. The minimum absolute atomic E-state index is 0.0164. The maximum Gasteiger partial charge on any atom is 0.287 e. The van der Waals surface area contributed by atoms with Crippen molar-refractivity contribution in [3.8, 4) is 0 Å². The molecule has 0 fully saturated rings. The number of hydrogen-bond donors (Lipinski definition) is 2. The van der Waals surface area contributed by atoms with Crippen molar-refractivity contribution >= 4 is 56.6 Å². The average molecular weight is 581 g/mol. The molecule has 0 aliphatic heterocycles. The van der Waals surface area contributed by atoms with E-state index in [9.17, 15) is 18.8 Å². The highest BCUT2D eigenvalue weighted by Gasteiger charge is 2.30. The number of halogens is 2. The standard InChI is InChI=1S/C27H22ClFN6O4S/c1-14(36)13-35-23(15(2)19-11-16(29)7-8-20(19)28)24(31-25(35)27(38)30-12-17-9-10-39-33-17)32-26(37)22-18-5-3-4-6-21(18)40-34-22/h3-11,15H,12-13H2,1-2H3,(H,30,38)(H,32,37)/t15-/m0/s1. The second kappa shape index (κ2) is 11.4. The Kier molecular flexibility index (Phi) is 7.71. The molecule has 3 heterocycles. The molecule has 10 nitrogen and oxygen atoms in total. The normalized spacial score (nSPS) is 11.9. The second-order valence-electron chi connectivity index (χ2n) is 9.00. The fourth-order valence-electron chi connectivity index (χ4n) is 4.34. The summed E-state index contributed by atoms with van der Waals surface area (Å²) in [4.78, 5) is 43.5. The third kappa shape index (κ3) is 5.49. The van der Waals surface area contributed by atoms with E-state index in [4.69, 9.17) is 16.1 Å². The van der Waals surface area contributed by atoms with Gasteiger partial charge in [-0.2, -0.15) is 4.37 Å². The van der Waals surface area contributed by atoms with Gasteiger partial charge in [0.2, 0.25) is 5.82 Å². The van der Waals surface area contributed by atoms with Gasteiger partial charge in [-0.3, -0.25) is 14.4 Å². The van der Waals surface area contributed by atoms with Gasteiger partial charge in [-0.05, 0) is 48.3 Å². The van der Waals surface area contributed by atoms with Gasteiger partial charge < -0.3 is 19.7 Å². The Labute approximate surface area is 236 Å². The molecule has 5 aromatic rings. The van der Waals surface area contributed by atoms with Crippen LogP contribution in [0.3, 0.4) is 0 Å². The Morgan fingerprint density at radius 3 is 2.70 bits per heavy atom. The summed E-state index contributed by atoms with van der Waals surface area (Å²) >= 11 is 7.60. The number of carbonyl (C=O) groups is 3. The van der Waals surface area contributed by atoms with E-state index in [0.29, 0.717) is 22.3 Å². The third-order valence-corrected chi connectivity index (χ3v) is 7.34. The van der Waals surface area contributed by atoms with Crippen LogP contribution >= 0.6 is 23.1 Å². The number of aromatic nitrogens is 4. The number of nitrogens with one attached hydrogen (secondary N) is 2. The fourth-order valence-corrected chi connectivity index (χ4v) is 5.40. The molecule has 0 aliphatic carbocycles. The van der Waals surface area contributed by atoms with Crippen LogP contribution in [0.2, 0.25) is 5.02 Å². The number of fused-ring (bicyclic) bond motifs is 1. The lowest BCUT2D eigenvalue weighted by molar-refractivity contribution is -0.117. The number of Topliss-reactive ketones (excluding diaryl/α,β-unsaturated/α-hetero) is 1. The smallest absolute Gasteiger partial charge is 0.287 e. The van der Waals surface area contributed by atoms with Crippen LogP contribution in [0.15, 0.2) is 59.3 Å². The van der Waals surface area contributed by atoms with E-state index in [1.807, 2.05) is 12.1 Å². The zero-order chi connectivity index (χ0) is 28.4. The molecule has 13 heteroatoms. The lowest BCUT2D eigenvalue weighted by atomic mass is 9.96. The van der Waals surface area contributed by atoms with Crippen LogP contribution in [0.1, 0.15) is 57.8 Å². The second-order valence-corrected chi connectivity index (χ2v) is 10.2. The predicted octanol–water partition coefficient (Wildman–Crippen LogP) is 5.20. The van der Waals surface area contributed by atoms with Gasteiger partial charge in [0.05, 0.1) is 23.5 Å². The van der Waals surface area contributed by atoms with Crippen molar-refractivity contribution in [3.05, 3.63) is 94.1 Å². The van der Waals surface area contributed by atoms with Gasteiger partial charge in [-0.25, -0.2) is 9.37 Å². The van der Waals surface area contributed by atoms with E-state index in [2.05, 4.69) is 25.1 Å². The van der Waals surface area contributed by atoms with Gasteiger partial charge in [0.1, 0.15) is 29.3 Å². The molecule has 0 saturated carbocycles. The van der Waals surface area contributed by atoms with Crippen molar-refractivity contribution < 1.29 is 23.3 Å². The molecule has 2 amide bonds. The minimum Gasteiger partial charge on any atom is -0.364 e. The van der Waals surface area contributed by atoms with Gasteiger partial charge in [-0.15, -0.1) is 0 Å². The maximum absolute atomic E-state index is 14.3. The number of benzene rings is 2. The summed E-state index contributed by atoms with van der Waals surface area (Å²) in [5.74, 6) is -2.77. The molecule has 40 heavy (non-hydrogen) atoms. The monoisotopic (exact) mass is 580 g/mol. The molecule has 0 spiro atoms. The van der Waals surface area contributed by atoms with Crippen molar-refractivity contribution in [1.82, 2.24) is 24.4 Å². The summed E-state index contributed by atoms with van der Waals surface area (Å²) in [6.45, 7) is 2.89. The summed E-state index contributed by atoms with van der Waals surface area (Å²) in [6.07, 6.45) is 1.37. The first-order valence-electron chi connectivity index (χ1n) is 12.1. The molecule has 0 unspecified atom stereocenters. The Hall–Kier alpha value is -4.42. The quantitative estimate of drug-likeness (QED) is 0.245. The van der Waals surface area contributed by atoms with Crippen LogP contribution in [0.4, 0.5) is 10.2 Å². The fraction of sp³-hybridized carbons (Fsp3) is 0.185. The Morgan fingerprint density at radius 1 is 1.15 bits per heavy atom. The third-order valence-electron chi connectivity index (χ3n) is 6.17. The van der Waals surface area contributed by atoms with E-state index >= 15 is 0 Å². The van der Waals surface area contributed by atoms with Gasteiger partial charge in [0, 0.05) is 22.4 Å². The number of hydrogen-bond acceptors (Lipinski definition) is 8. The molecule has 0 saturated heterocycles. The summed E-state index contributed by atoms with van der Waals surface area (Å²) < 4.78 is 25.6. The van der Waals surface area contributed by atoms with E-state index in [0.717, 1.165) is 4.70 Å². The van der Waals surface area contributed by atoms with Crippen LogP contribution in [0, 0.1) is 5.82 Å². The number of ketones is 1. The highest BCUT2D eigenvalue weighted by atomic mass is 35.5. The van der Waals surface area contributed by atoms with Crippen LogP contribution in [-0.2, 0) is 17.9 Å². The summed E-state index contributed by atoms with van der Waals surface area (Å²) in [5.41, 5.74) is 1.33. The molecule has 5 rings (SSSR count). The van der Waals surface area contributed by atoms with Crippen LogP contribution in [-0.4, -0.2) is 36.7 Å². The van der Waals surface area contributed by atoms with Crippen LogP contribution in [0.25, 0.3) is 10.1 Å². The van der Waals surface area contributed by atoms with Crippen LogP contribution < -0.4 is 10.6 Å². The minimum atomic E-state index is -0.686. The molecule has 0 bridgehead atoms. The molecule has 0 radical (unpaired) electrons. The molecular formula is C27H22ClFN6O4S. The zero-order valence-electron chi connectivity index (χ0n) is 21.3. The van der Waals surface area contributed by atoms with Crippen molar-refractivity contribution in [2.45, 2.75) is 32.9 Å². The van der Waals surface area contributed by atoms with Crippen molar-refractivity contribution in [2.75, 3.05) is 5.32 Å². The lowest BCUT2D eigenvalue weighted by Crippen LogP contribution is -2.28. The number of amides is 2. The predicted molar refractivity (Wildman–Crippen MR) is 147 cm³/mol. The molecule has 204 valence electrons. The summed E-state index contributed by atoms with van der Waals surface area (Å²) in [7, 11) is 0. The van der Waals surface area contributed by atoms with Crippen molar-refractivity contribution in [1.29, 1.82) is 0 Å².